The predicted octanol–water partition coefficient (Wildman–Crippen LogP) is 8.02. The molecule has 0 saturated heterocycles. The van der Waals surface area contributed by atoms with Gasteiger partial charge in [0.05, 0.1) is 6.10 Å². The van der Waals surface area contributed by atoms with E-state index in [1.54, 1.807) is 24.8 Å². The Labute approximate surface area is 259 Å². The van der Waals surface area contributed by atoms with Gasteiger partial charge in [0.25, 0.3) is 0 Å². The quantitative estimate of drug-likeness (QED) is 0.0745. The van der Waals surface area contributed by atoms with Crippen molar-refractivity contribution in [3.63, 3.8) is 0 Å². The van der Waals surface area contributed by atoms with Crippen molar-refractivity contribution in [3.8, 4) is 0 Å². The van der Waals surface area contributed by atoms with E-state index in [-0.39, 0.29) is 41.4 Å². The minimum atomic E-state index is -0.770. The zero-order valence-corrected chi connectivity index (χ0v) is 28.1. The number of thioether (sulfide) groups is 1. The van der Waals surface area contributed by atoms with Crippen LogP contribution in [0.25, 0.3) is 0 Å². The molecule has 0 bridgehead atoms. The van der Waals surface area contributed by atoms with E-state index in [4.69, 9.17) is 4.74 Å². The van der Waals surface area contributed by atoms with E-state index in [9.17, 15) is 19.5 Å². The molecule has 1 aliphatic rings. The molecule has 5 nitrogen and oxygen atoms in total. The van der Waals surface area contributed by atoms with Gasteiger partial charge in [0.2, 0.25) is 0 Å². The molecular formula is C36H54O5S. The molecule has 1 aliphatic heterocycles. The van der Waals surface area contributed by atoms with E-state index in [0.29, 0.717) is 18.8 Å². The summed E-state index contributed by atoms with van der Waals surface area (Å²) >= 11 is 1.74. The lowest BCUT2D eigenvalue weighted by molar-refractivity contribution is -0.143. The summed E-state index contributed by atoms with van der Waals surface area (Å²) in [6.07, 6.45) is 21.2. The van der Waals surface area contributed by atoms with Crippen LogP contribution in [-0.2, 0) is 19.1 Å². The maximum absolute atomic E-state index is 13.1. The molecule has 7 atom stereocenters. The summed E-state index contributed by atoms with van der Waals surface area (Å²) in [5.74, 6) is 0.379. The number of esters is 1. The molecule has 0 spiro atoms. The van der Waals surface area contributed by atoms with Gasteiger partial charge in [-0.05, 0) is 76.0 Å². The second-order valence-corrected chi connectivity index (χ2v) is 13.1. The lowest BCUT2D eigenvalue weighted by Crippen LogP contribution is -2.34. The fourth-order valence-corrected chi connectivity index (χ4v) is 5.59. The van der Waals surface area contributed by atoms with Crippen molar-refractivity contribution in [1.29, 1.82) is 0 Å². The predicted molar refractivity (Wildman–Crippen MR) is 177 cm³/mol. The summed E-state index contributed by atoms with van der Waals surface area (Å²) < 4.78 is 5.37. The molecule has 0 aromatic carbocycles. The van der Waals surface area contributed by atoms with Crippen LogP contribution in [0.4, 0.5) is 0 Å². The number of ether oxygens (including phenoxy) is 1. The topological polar surface area (TPSA) is 80.7 Å². The van der Waals surface area contributed by atoms with Gasteiger partial charge in [0.1, 0.15) is 11.9 Å². The van der Waals surface area contributed by atoms with Crippen LogP contribution in [0.3, 0.4) is 0 Å². The Morgan fingerprint density at radius 2 is 1.74 bits per heavy atom. The number of aliphatic hydroxyl groups excluding tert-OH is 1. The number of aliphatic hydroxyl groups is 1. The van der Waals surface area contributed by atoms with Crippen LogP contribution < -0.4 is 0 Å². The van der Waals surface area contributed by atoms with Gasteiger partial charge in [-0.3, -0.25) is 9.59 Å². The van der Waals surface area contributed by atoms with Crippen molar-refractivity contribution in [2.24, 2.45) is 29.6 Å². The van der Waals surface area contributed by atoms with Gasteiger partial charge in [-0.15, -0.1) is 0 Å². The van der Waals surface area contributed by atoms with Crippen molar-refractivity contribution in [2.75, 3.05) is 12.0 Å². The number of Topliss-reactive ketones (excluding diaryl/α,β-unsaturated/α-hetero) is 1. The van der Waals surface area contributed by atoms with E-state index < -0.39 is 12.0 Å². The van der Waals surface area contributed by atoms with Gasteiger partial charge in [0, 0.05) is 30.3 Å². The molecule has 1 N–H and O–H groups in total. The monoisotopic (exact) mass is 598 g/mol. The van der Waals surface area contributed by atoms with E-state index in [1.165, 1.54) is 6.08 Å². The maximum atomic E-state index is 13.1. The van der Waals surface area contributed by atoms with Gasteiger partial charge in [-0.1, -0.05) is 87.8 Å². The first-order chi connectivity index (χ1) is 19.7. The van der Waals surface area contributed by atoms with Gasteiger partial charge in [0.15, 0.2) is 5.78 Å². The molecule has 0 aliphatic carbocycles. The van der Waals surface area contributed by atoms with Crippen molar-refractivity contribution >= 4 is 29.3 Å². The standard InChI is InChI=1S/C36H54O5S/c1-24(20-26(3)15-17-33-28(5)16-18-34(38)41-33)12-10-13-25(2)21-29(6)35(39)31(8)36(40)30(7)22-27(4)23-32(37)14-11-19-42-9/h10,13,15-18,20-21,23-24,28-31,33,36,40H,11-12,14,19,22H2,1-9H3/b13-10+,17-15+,25-21+,26-20-,27-23+/t24?,28-,29+,30-,31+,33?,36?/m0/s1. The van der Waals surface area contributed by atoms with E-state index >= 15 is 0 Å². The summed E-state index contributed by atoms with van der Waals surface area (Å²) in [6, 6.07) is 0. The number of rotatable bonds is 18. The number of cyclic esters (lactones) is 1. The molecule has 0 saturated carbocycles. The lowest BCUT2D eigenvalue weighted by atomic mass is 9.82. The third-order valence-corrected chi connectivity index (χ3v) is 8.32. The fraction of sp³-hybridized carbons (Fsp3) is 0.583. The van der Waals surface area contributed by atoms with Crippen molar-refractivity contribution in [1.82, 2.24) is 0 Å². The molecule has 234 valence electrons. The molecular weight excluding hydrogens is 544 g/mol. The van der Waals surface area contributed by atoms with Crippen LogP contribution in [0.15, 0.2) is 71.4 Å². The Morgan fingerprint density at radius 1 is 1.07 bits per heavy atom. The lowest BCUT2D eigenvalue weighted by Gasteiger charge is -2.25. The van der Waals surface area contributed by atoms with E-state index in [0.717, 1.165) is 35.3 Å². The molecule has 0 aromatic rings. The zero-order chi connectivity index (χ0) is 31.8. The molecule has 1 rings (SSSR count). The first-order valence-electron chi connectivity index (χ1n) is 15.3. The summed E-state index contributed by atoms with van der Waals surface area (Å²) in [5.41, 5.74) is 3.07. The number of allylic oxidation sites excluding steroid dienone is 9. The first kappa shape index (κ1) is 37.6. The normalized spacial score (nSPS) is 22.2. The minimum Gasteiger partial charge on any atom is -0.454 e. The largest absolute Gasteiger partial charge is 0.454 e. The maximum Gasteiger partial charge on any atom is 0.331 e. The Bertz CT molecular complexity index is 1080. The molecule has 3 unspecified atom stereocenters. The second-order valence-electron chi connectivity index (χ2n) is 12.1. The van der Waals surface area contributed by atoms with Crippen LogP contribution in [-0.4, -0.2) is 46.9 Å². The van der Waals surface area contributed by atoms with Crippen LogP contribution in [0, 0.1) is 29.6 Å². The number of ketones is 2. The van der Waals surface area contributed by atoms with Crippen molar-refractivity contribution in [3.05, 3.63) is 71.4 Å². The highest BCUT2D eigenvalue weighted by Crippen LogP contribution is 2.24. The van der Waals surface area contributed by atoms with E-state index in [1.807, 2.05) is 78.2 Å². The Morgan fingerprint density at radius 3 is 2.40 bits per heavy atom. The molecule has 42 heavy (non-hydrogen) atoms. The highest BCUT2D eigenvalue weighted by molar-refractivity contribution is 7.98. The van der Waals surface area contributed by atoms with Crippen molar-refractivity contribution < 1.29 is 24.2 Å². The molecule has 0 radical (unpaired) electrons. The van der Waals surface area contributed by atoms with Gasteiger partial charge < -0.3 is 9.84 Å². The highest BCUT2D eigenvalue weighted by atomic mass is 32.2. The van der Waals surface area contributed by atoms with E-state index in [2.05, 4.69) is 19.1 Å². The number of carbonyl (C=O) groups excluding carboxylic acids is 3. The fourth-order valence-electron chi connectivity index (χ4n) is 5.16. The van der Waals surface area contributed by atoms with Gasteiger partial charge >= 0.3 is 5.97 Å². The average molecular weight is 599 g/mol. The van der Waals surface area contributed by atoms with Gasteiger partial charge in [-0.25, -0.2) is 4.79 Å². The third kappa shape index (κ3) is 14.6. The van der Waals surface area contributed by atoms with Crippen LogP contribution in [0.1, 0.15) is 81.1 Å². The summed E-state index contributed by atoms with van der Waals surface area (Å²) in [5, 5.41) is 10.9. The minimum absolute atomic E-state index is 0.0176. The van der Waals surface area contributed by atoms with Crippen LogP contribution in [0.2, 0.25) is 0 Å². The van der Waals surface area contributed by atoms with Gasteiger partial charge in [-0.2, -0.15) is 11.8 Å². The molecule has 6 heteroatoms. The smallest absolute Gasteiger partial charge is 0.331 e. The average Bonchev–Trinajstić information content (AvgIpc) is 2.92. The number of hydrogen-bond acceptors (Lipinski definition) is 6. The summed E-state index contributed by atoms with van der Waals surface area (Å²) in [6.45, 7) is 15.8. The summed E-state index contributed by atoms with van der Waals surface area (Å²) in [4.78, 5) is 36.7. The molecule has 0 aromatic heterocycles. The highest BCUT2D eigenvalue weighted by Gasteiger charge is 2.29. The van der Waals surface area contributed by atoms with Crippen LogP contribution in [0.5, 0.6) is 0 Å². The van der Waals surface area contributed by atoms with Crippen molar-refractivity contribution in [2.45, 2.75) is 93.3 Å². The Kier molecular flexibility index (Phi) is 17.6. The number of carbonyl (C=O) groups is 3. The Balaban J connectivity index is 2.61. The molecule has 1 heterocycles. The SMILES string of the molecule is CSCCCC(=O)/C=C(\C)C[C@H](C)C(O)[C@H](C)C(=O)[C@H](C)/C=C(C)/C=C/CC(C)/C=C(C)\C=C\C1OC(=O)C=C[C@@H]1C. The molecule has 0 amide bonds. The first-order valence-corrected chi connectivity index (χ1v) is 16.7. The third-order valence-electron chi connectivity index (χ3n) is 7.62. The number of hydrogen-bond donors (Lipinski definition) is 1. The summed E-state index contributed by atoms with van der Waals surface area (Å²) in [7, 11) is 0. The molecule has 0 fully saturated rings. The zero-order valence-electron chi connectivity index (χ0n) is 27.3. The van der Waals surface area contributed by atoms with Crippen LogP contribution >= 0.6 is 11.8 Å². The Hall–Kier alpha value is -2.44. The second kappa shape index (κ2) is 19.7.